The average Bonchev–Trinajstić information content (AvgIpc) is 3.21. The fourth-order valence-electron chi connectivity index (χ4n) is 4.23. The van der Waals surface area contributed by atoms with Gasteiger partial charge in [0.05, 0.1) is 23.0 Å². The molecule has 146 valence electrons. The molecule has 0 radical (unpaired) electrons. The van der Waals surface area contributed by atoms with Crippen molar-refractivity contribution < 1.29 is 9.47 Å². The van der Waals surface area contributed by atoms with Crippen molar-refractivity contribution in [2.24, 2.45) is 5.92 Å². The maximum atomic E-state index is 6.21. The first-order valence-electron chi connectivity index (χ1n) is 9.82. The lowest BCUT2D eigenvalue weighted by Gasteiger charge is -2.31. The maximum Gasteiger partial charge on any atom is 0.320 e. The summed E-state index contributed by atoms with van der Waals surface area (Å²) in [5.41, 5.74) is 1.71. The van der Waals surface area contributed by atoms with Crippen LogP contribution in [0, 0.1) is 12.8 Å². The number of aromatic nitrogens is 3. The number of halogens is 1. The Bertz CT molecular complexity index is 832. The van der Waals surface area contributed by atoms with E-state index in [1.807, 2.05) is 6.92 Å². The summed E-state index contributed by atoms with van der Waals surface area (Å²) in [6.07, 6.45) is 6.53. The first-order chi connectivity index (χ1) is 13.0. The Labute approximate surface area is 165 Å². The van der Waals surface area contributed by atoms with E-state index in [4.69, 9.17) is 21.1 Å². The van der Waals surface area contributed by atoms with Crippen LogP contribution < -0.4 is 9.47 Å². The molecule has 4 heterocycles. The molecule has 0 amide bonds. The molecule has 0 bridgehead atoms. The predicted octanol–water partition coefficient (Wildman–Crippen LogP) is 4.03. The monoisotopic (exact) mass is 390 g/mol. The number of fused-ring (bicyclic) bond motifs is 2. The molecular weight excluding hydrogens is 364 g/mol. The molecule has 0 atom stereocenters. The number of pyridine rings is 1. The highest BCUT2D eigenvalue weighted by Crippen LogP contribution is 2.39. The number of hydrogen-bond donors (Lipinski definition) is 0. The zero-order chi connectivity index (χ0) is 19.0. The van der Waals surface area contributed by atoms with Gasteiger partial charge in [0.1, 0.15) is 11.8 Å². The SMILES string of the molecule is Cc1c(Cl)ncc2c(OCC(C)C)nc(OCC34CCCN3CCC4)nc12. The Morgan fingerprint density at radius 1 is 1.19 bits per heavy atom. The number of aryl methyl sites for hydroxylation is 1. The zero-order valence-corrected chi connectivity index (χ0v) is 17.1. The van der Waals surface area contributed by atoms with Gasteiger partial charge in [0.15, 0.2) is 0 Å². The number of hydrogen-bond acceptors (Lipinski definition) is 6. The molecule has 0 N–H and O–H groups in total. The van der Waals surface area contributed by atoms with Gasteiger partial charge in [-0.25, -0.2) is 4.98 Å². The summed E-state index contributed by atoms with van der Waals surface area (Å²) in [4.78, 5) is 16.0. The highest BCUT2D eigenvalue weighted by atomic mass is 35.5. The van der Waals surface area contributed by atoms with Crippen molar-refractivity contribution >= 4 is 22.5 Å². The van der Waals surface area contributed by atoms with E-state index in [0.717, 1.165) is 16.5 Å². The van der Waals surface area contributed by atoms with Crippen LogP contribution in [0.2, 0.25) is 5.15 Å². The zero-order valence-electron chi connectivity index (χ0n) is 16.3. The normalized spacial score (nSPS) is 19.0. The van der Waals surface area contributed by atoms with Crippen molar-refractivity contribution in [2.75, 3.05) is 26.3 Å². The maximum absolute atomic E-state index is 6.21. The number of ether oxygens (including phenoxy) is 2. The molecule has 2 fully saturated rings. The Morgan fingerprint density at radius 3 is 2.63 bits per heavy atom. The van der Waals surface area contributed by atoms with E-state index in [2.05, 4.69) is 33.7 Å². The Kier molecular flexibility index (Phi) is 5.12. The second kappa shape index (κ2) is 7.40. The van der Waals surface area contributed by atoms with Crippen LogP contribution in [0.4, 0.5) is 0 Å². The molecule has 0 aliphatic carbocycles. The molecule has 2 aromatic heterocycles. The molecule has 2 saturated heterocycles. The highest BCUT2D eigenvalue weighted by molar-refractivity contribution is 6.31. The summed E-state index contributed by atoms with van der Waals surface area (Å²) >= 11 is 6.21. The summed E-state index contributed by atoms with van der Waals surface area (Å²) < 4.78 is 12.1. The van der Waals surface area contributed by atoms with E-state index < -0.39 is 0 Å². The van der Waals surface area contributed by atoms with Gasteiger partial charge in [-0.15, -0.1) is 0 Å². The third kappa shape index (κ3) is 3.57. The first-order valence-corrected chi connectivity index (χ1v) is 10.2. The van der Waals surface area contributed by atoms with Crippen molar-refractivity contribution in [1.29, 1.82) is 0 Å². The summed E-state index contributed by atoms with van der Waals surface area (Å²) in [6, 6.07) is 0.361. The molecule has 2 aliphatic heterocycles. The average molecular weight is 391 g/mol. The van der Waals surface area contributed by atoms with Crippen LogP contribution in [-0.4, -0.2) is 51.7 Å². The smallest absolute Gasteiger partial charge is 0.320 e. The topological polar surface area (TPSA) is 60.4 Å². The number of rotatable bonds is 6. The van der Waals surface area contributed by atoms with Crippen molar-refractivity contribution in [3.63, 3.8) is 0 Å². The fraction of sp³-hybridized carbons (Fsp3) is 0.650. The second-order valence-corrected chi connectivity index (χ2v) is 8.52. The van der Waals surface area contributed by atoms with Crippen LogP contribution in [0.25, 0.3) is 10.9 Å². The van der Waals surface area contributed by atoms with Gasteiger partial charge in [0.25, 0.3) is 0 Å². The minimum Gasteiger partial charge on any atom is -0.477 e. The van der Waals surface area contributed by atoms with E-state index in [1.165, 1.54) is 38.8 Å². The molecule has 0 spiro atoms. The van der Waals surface area contributed by atoms with Gasteiger partial charge in [0.2, 0.25) is 5.88 Å². The second-order valence-electron chi connectivity index (χ2n) is 8.16. The van der Waals surface area contributed by atoms with Gasteiger partial charge in [0, 0.05) is 11.8 Å². The molecule has 7 heteroatoms. The predicted molar refractivity (Wildman–Crippen MR) is 106 cm³/mol. The number of nitrogens with zero attached hydrogens (tertiary/aromatic N) is 4. The van der Waals surface area contributed by atoms with Crippen LogP contribution in [0.3, 0.4) is 0 Å². The molecule has 27 heavy (non-hydrogen) atoms. The van der Waals surface area contributed by atoms with E-state index in [1.54, 1.807) is 6.20 Å². The summed E-state index contributed by atoms with van der Waals surface area (Å²) in [6.45, 7) is 9.67. The van der Waals surface area contributed by atoms with Crippen LogP contribution >= 0.6 is 11.6 Å². The Hall–Kier alpha value is -1.66. The molecule has 4 rings (SSSR count). The summed E-state index contributed by atoms with van der Waals surface area (Å²) in [7, 11) is 0. The third-order valence-electron chi connectivity index (χ3n) is 5.70. The van der Waals surface area contributed by atoms with Crippen LogP contribution in [-0.2, 0) is 0 Å². The Balaban J connectivity index is 1.64. The van der Waals surface area contributed by atoms with E-state index in [-0.39, 0.29) is 5.54 Å². The van der Waals surface area contributed by atoms with Gasteiger partial charge < -0.3 is 9.47 Å². The molecule has 6 nitrogen and oxygen atoms in total. The van der Waals surface area contributed by atoms with Crippen LogP contribution in [0.15, 0.2) is 6.20 Å². The fourth-order valence-corrected chi connectivity index (χ4v) is 4.37. The minimum absolute atomic E-state index is 0.155. The van der Waals surface area contributed by atoms with Crippen molar-refractivity contribution in [2.45, 2.75) is 52.0 Å². The van der Waals surface area contributed by atoms with Crippen molar-refractivity contribution in [3.05, 3.63) is 16.9 Å². The van der Waals surface area contributed by atoms with Crippen molar-refractivity contribution in [3.8, 4) is 11.9 Å². The molecule has 2 aromatic rings. The quantitative estimate of drug-likeness (QED) is 0.694. The lowest BCUT2D eigenvalue weighted by Crippen LogP contribution is -2.43. The molecule has 2 aliphatic rings. The standard InChI is InChI=1S/C20H27ClN4O2/c1-13(2)11-26-18-15-10-22-17(21)14(3)16(15)23-19(24-18)27-12-20-6-4-8-25(20)9-5-7-20/h10,13H,4-9,11-12H2,1-3H3. The molecule has 0 saturated carbocycles. The van der Waals surface area contributed by atoms with Gasteiger partial charge in [-0.05, 0) is 51.6 Å². The van der Waals surface area contributed by atoms with Crippen LogP contribution in [0.1, 0.15) is 45.1 Å². The van der Waals surface area contributed by atoms with Gasteiger partial charge in [-0.2, -0.15) is 9.97 Å². The Morgan fingerprint density at radius 2 is 1.93 bits per heavy atom. The molecular formula is C20H27ClN4O2. The summed E-state index contributed by atoms with van der Waals surface area (Å²) in [5, 5.41) is 1.21. The first kappa shape index (κ1) is 18.7. The molecule has 0 aromatic carbocycles. The van der Waals surface area contributed by atoms with E-state index in [0.29, 0.717) is 36.2 Å². The van der Waals surface area contributed by atoms with Crippen LogP contribution in [0.5, 0.6) is 11.9 Å². The minimum atomic E-state index is 0.155. The lowest BCUT2D eigenvalue weighted by molar-refractivity contribution is 0.107. The van der Waals surface area contributed by atoms with E-state index >= 15 is 0 Å². The van der Waals surface area contributed by atoms with Crippen molar-refractivity contribution in [1.82, 2.24) is 19.9 Å². The van der Waals surface area contributed by atoms with Gasteiger partial charge in [-0.1, -0.05) is 25.4 Å². The van der Waals surface area contributed by atoms with Gasteiger partial charge >= 0.3 is 6.01 Å². The lowest BCUT2D eigenvalue weighted by atomic mass is 9.95. The highest BCUT2D eigenvalue weighted by Gasteiger charge is 2.45. The summed E-state index contributed by atoms with van der Waals surface area (Å²) in [5.74, 6) is 0.910. The largest absolute Gasteiger partial charge is 0.477 e. The van der Waals surface area contributed by atoms with Gasteiger partial charge in [-0.3, -0.25) is 4.90 Å². The van der Waals surface area contributed by atoms with E-state index in [9.17, 15) is 0 Å². The third-order valence-corrected chi connectivity index (χ3v) is 6.08. The molecule has 0 unspecified atom stereocenters.